The molecule has 1 aliphatic carbocycles. The van der Waals surface area contributed by atoms with Crippen LogP contribution in [0.25, 0.3) is 0 Å². The zero-order chi connectivity index (χ0) is 26.1. The largest absolute Gasteiger partial charge is 0.383 e. The van der Waals surface area contributed by atoms with Gasteiger partial charge in [0.15, 0.2) is 6.04 Å². The lowest BCUT2D eigenvalue weighted by molar-refractivity contribution is -0.140. The fraction of sp³-hybridized carbons (Fsp3) is 0.370. The molecule has 190 valence electrons. The molecule has 3 N–H and O–H groups in total. The van der Waals surface area contributed by atoms with Gasteiger partial charge in [-0.3, -0.25) is 24.5 Å². The van der Waals surface area contributed by atoms with Gasteiger partial charge in [-0.2, -0.15) is 0 Å². The summed E-state index contributed by atoms with van der Waals surface area (Å²) < 4.78 is 5.23. The van der Waals surface area contributed by atoms with Crippen LogP contribution in [-0.4, -0.2) is 79.2 Å². The predicted octanol–water partition coefficient (Wildman–Crippen LogP) is 1.39. The number of hydrogen-bond donors (Lipinski definition) is 3. The van der Waals surface area contributed by atoms with Crippen LogP contribution in [0.3, 0.4) is 0 Å². The number of amides is 3. The standard InChI is InChI=1S/C27H32N4O5/c1-28-25(32)24(26(33)29-35)30(2)27(34)22-12-10-20(11-13-22)5-4-19-6-8-21(9-7-19)18-31(16-17-36-3)23-14-15-23/h6-13,23-24,35H,14-18H2,1-3H3,(H,28,32)(H,29,33). The third kappa shape index (κ3) is 7.15. The first-order chi connectivity index (χ1) is 17.4. The van der Waals surface area contributed by atoms with Gasteiger partial charge in [-0.15, -0.1) is 0 Å². The number of hydroxylamine groups is 1. The second kappa shape index (κ2) is 12.8. The number of rotatable bonds is 10. The van der Waals surface area contributed by atoms with E-state index in [-0.39, 0.29) is 5.56 Å². The van der Waals surface area contributed by atoms with Gasteiger partial charge in [0.25, 0.3) is 17.7 Å². The maximum absolute atomic E-state index is 12.8. The summed E-state index contributed by atoms with van der Waals surface area (Å²) in [5.41, 5.74) is 4.54. The molecule has 1 unspecified atom stereocenters. The van der Waals surface area contributed by atoms with Crippen LogP contribution in [0.4, 0.5) is 0 Å². The molecule has 2 aromatic carbocycles. The van der Waals surface area contributed by atoms with Crippen LogP contribution < -0.4 is 10.8 Å². The Balaban J connectivity index is 1.63. The van der Waals surface area contributed by atoms with Gasteiger partial charge in [-0.25, -0.2) is 5.48 Å². The number of carbonyl (C=O) groups is 3. The van der Waals surface area contributed by atoms with E-state index >= 15 is 0 Å². The fourth-order valence-electron chi connectivity index (χ4n) is 3.80. The van der Waals surface area contributed by atoms with E-state index < -0.39 is 23.8 Å². The zero-order valence-electron chi connectivity index (χ0n) is 20.8. The molecule has 0 saturated heterocycles. The van der Waals surface area contributed by atoms with Gasteiger partial charge in [0.2, 0.25) is 0 Å². The zero-order valence-corrected chi connectivity index (χ0v) is 20.8. The van der Waals surface area contributed by atoms with Gasteiger partial charge in [0.1, 0.15) is 0 Å². The molecule has 1 saturated carbocycles. The SMILES string of the molecule is CNC(=O)C(C(=O)NO)N(C)C(=O)c1ccc(C#Cc2ccc(CN(CCOC)C3CC3)cc2)cc1. The second-order valence-electron chi connectivity index (χ2n) is 8.63. The maximum atomic E-state index is 12.8. The molecular formula is C27H32N4O5. The van der Waals surface area contributed by atoms with Crippen molar-refractivity contribution in [1.29, 1.82) is 0 Å². The maximum Gasteiger partial charge on any atom is 0.275 e. The van der Waals surface area contributed by atoms with Crippen LogP contribution in [0, 0.1) is 11.8 Å². The van der Waals surface area contributed by atoms with Crippen LogP contribution in [0.5, 0.6) is 0 Å². The number of ether oxygens (including phenoxy) is 1. The van der Waals surface area contributed by atoms with Crippen molar-refractivity contribution in [3.05, 3.63) is 70.8 Å². The van der Waals surface area contributed by atoms with Crippen LogP contribution in [0.1, 0.15) is 39.9 Å². The van der Waals surface area contributed by atoms with Gasteiger partial charge in [0, 0.05) is 57.0 Å². The molecule has 0 spiro atoms. The van der Waals surface area contributed by atoms with Gasteiger partial charge in [-0.1, -0.05) is 24.0 Å². The van der Waals surface area contributed by atoms with Crippen molar-refractivity contribution in [2.75, 3.05) is 34.4 Å². The van der Waals surface area contributed by atoms with E-state index in [1.54, 1.807) is 31.4 Å². The highest BCUT2D eigenvalue weighted by Gasteiger charge is 2.33. The number of nitrogens with zero attached hydrogens (tertiary/aromatic N) is 2. The molecule has 0 aliphatic heterocycles. The molecular weight excluding hydrogens is 460 g/mol. The third-order valence-corrected chi connectivity index (χ3v) is 6.03. The van der Waals surface area contributed by atoms with E-state index in [2.05, 4.69) is 34.2 Å². The molecule has 9 nitrogen and oxygen atoms in total. The third-order valence-electron chi connectivity index (χ3n) is 6.03. The van der Waals surface area contributed by atoms with Crippen molar-refractivity contribution in [3.8, 4) is 11.8 Å². The average molecular weight is 493 g/mol. The predicted molar refractivity (Wildman–Crippen MR) is 134 cm³/mol. The molecule has 3 rings (SSSR count). The molecule has 2 aromatic rings. The van der Waals surface area contributed by atoms with Gasteiger partial charge in [-0.05, 0) is 54.8 Å². The van der Waals surface area contributed by atoms with E-state index in [4.69, 9.17) is 9.94 Å². The summed E-state index contributed by atoms with van der Waals surface area (Å²) in [4.78, 5) is 40.1. The summed E-state index contributed by atoms with van der Waals surface area (Å²) in [6.07, 6.45) is 2.50. The first-order valence-corrected chi connectivity index (χ1v) is 11.7. The summed E-state index contributed by atoms with van der Waals surface area (Å²) in [6.45, 7) is 2.55. The van der Waals surface area contributed by atoms with Crippen molar-refractivity contribution < 1.29 is 24.3 Å². The van der Waals surface area contributed by atoms with Crippen molar-refractivity contribution >= 4 is 17.7 Å². The number of likely N-dealkylation sites (N-methyl/N-ethyl adjacent to an activating group) is 2. The van der Waals surface area contributed by atoms with Crippen LogP contribution in [-0.2, 0) is 20.9 Å². The lowest BCUT2D eigenvalue weighted by Crippen LogP contribution is -2.54. The number of hydrogen-bond acceptors (Lipinski definition) is 6. The molecule has 1 fully saturated rings. The van der Waals surface area contributed by atoms with E-state index in [0.717, 1.165) is 30.2 Å². The Bertz CT molecular complexity index is 1100. The first-order valence-electron chi connectivity index (χ1n) is 11.7. The normalized spacial score (nSPS) is 13.4. The lowest BCUT2D eigenvalue weighted by atomic mass is 10.1. The highest BCUT2D eigenvalue weighted by Crippen LogP contribution is 2.28. The van der Waals surface area contributed by atoms with Gasteiger partial charge < -0.3 is 15.0 Å². The Hall–Kier alpha value is -3.71. The van der Waals surface area contributed by atoms with E-state index in [1.165, 1.54) is 38.0 Å². The number of methoxy groups -OCH3 is 1. The Morgan fingerprint density at radius 2 is 1.61 bits per heavy atom. The summed E-state index contributed by atoms with van der Waals surface area (Å²) in [5, 5.41) is 11.2. The summed E-state index contributed by atoms with van der Waals surface area (Å²) >= 11 is 0. The first kappa shape index (κ1) is 26.9. The van der Waals surface area contributed by atoms with Crippen LogP contribution in [0.15, 0.2) is 48.5 Å². The quantitative estimate of drug-likeness (QED) is 0.200. The summed E-state index contributed by atoms with van der Waals surface area (Å²) in [7, 11) is 4.38. The lowest BCUT2D eigenvalue weighted by Gasteiger charge is -2.25. The Labute approximate surface area is 211 Å². The molecule has 1 aliphatic rings. The second-order valence-corrected chi connectivity index (χ2v) is 8.63. The smallest absolute Gasteiger partial charge is 0.275 e. The van der Waals surface area contributed by atoms with Gasteiger partial charge >= 0.3 is 0 Å². The molecule has 0 radical (unpaired) electrons. The highest BCUT2D eigenvalue weighted by molar-refractivity contribution is 6.08. The van der Waals surface area contributed by atoms with Crippen molar-refractivity contribution in [2.45, 2.75) is 31.5 Å². The van der Waals surface area contributed by atoms with Gasteiger partial charge in [0.05, 0.1) is 6.61 Å². The van der Waals surface area contributed by atoms with E-state index in [9.17, 15) is 14.4 Å². The molecule has 0 heterocycles. The molecule has 0 bridgehead atoms. The van der Waals surface area contributed by atoms with Crippen molar-refractivity contribution in [1.82, 2.24) is 20.6 Å². The average Bonchev–Trinajstić information content (AvgIpc) is 3.75. The van der Waals surface area contributed by atoms with Crippen molar-refractivity contribution in [2.24, 2.45) is 0 Å². The minimum absolute atomic E-state index is 0.278. The Morgan fingerprint density at radius 3 is 2.11 bits per heavy atom. The van der Waals surface area contributed by atoms with Crippen LogP contribution >= 0.6 is 0 Å². The highest BCUT2D eigenvalue weighted by atomic mass is 16.5. The minimum atomic E-state index is -1.51. The van der Waals surface area contributed by atoms with Crippen LogP contribution in [0.2, 0.25) is 0 Å². The molecule has 3 amide bonds. The number of benzene rings is 2. The molecule has 36 heavy (non-hydrogen) atoms. The Kier molecular flexibility index (Phi) is 9.59. The number of nitrogens with one attached hydrogen (secondary N) is 2. The fourth-order valence-corrected chi connectivity index (χ4v) is 3.80. The molecule has 0 aromatic heterocycles. The molecule has 1 atom stereocenters. The molecule has 9 heteroatoms. The number of carbonyl (C=O) groups excluding carboxylic acids is 3. The monoisotopic (exact) mass is 492 g/mol. The topological polar surface area (TPSA) is 111 Å². The summed E-state index contributed by atoms with van der Waals surface area (Å²) in [6, 6.07) is 13.9. The Morgan fingerprint density at radius 1 is 1.03 bits per heavy atom. The van der Waals surface area contributed by atoms with E-state index in [1.807, 2.05) is 12.1 Å². The van der Waals surface area contributed by atoms with Crippen molar-refractivity contribution in [3.63, 3.8) is 0 Å². The minimum Gasteiger partial charge on any atom is -0.383 e. The van der Waals surface area contributed by atoms with E-state index in [0.29, 0.717) is 11.6 Å². The summed E-state index contributed by atoms with van der Waals surface area (Å²) in [5.74, 6) is 3.95.